The third-order valence-corrected chi connectivity index (χ3v) is 1.98. The first-order chi connectivity index (χ1) is 6.92. The van der Waals surface area contributed by atoms with Crippen LogP contribution in [0.15, 0.2) is 30.2 Å². The van der Waals surface area contributed by atoms with Gasteiger partial charge in [-0.1, -0.05) is 17.7 Å². The number of hydrogen-bond donors (Lipinski definition) is 0. The van der Waals surface area contributed by atoms with Gasteiger partial charge < -0.3 is 17.7 Å². The van der Waals surface area contributed by atoms with Crippen molar-refractivity contribution in [2.75, 3.05) is 7.11 Å². The molecule has 0 saturated heterocycles. The molecule has 0 atom stereocenters. The summed E-state index contributed by atoms with van der Waals surface area (Å²) in [5.41, 5.74) is 0.764. The predicted molar refractivity (Wildman–Crippen MR) is 55.7 cm³/mol. The molecule has 1 nitrogen and oxygen atoms in total. The molecular weight excluding hydrogens is 243 g/mol. The summed E-state index contributed by atoms with van der Waals surface area (Å²) in [7, 11) is 1.51. The summed E-state index contributed by atoms with van der Waals surface area (Å²) in [5.74, 6) is 0.978. The van der Waals surface area contributed by atoms with Gasteiger partial charge in [0.25, 0.3) is 0 Å². The van der Waals surface area contributed by atoms with E-state index in [-0.39, 0.29) is 57.0 Å². The van der Waals surface area contributed by atoms with Gasteiger partial charge in [0, 0.05) is 0 Å². The maximum atomic E-state index is 12.1. The standard InChI is InChI=1S/C10H11BF3O.K/c1-8(7-11(12,13)14)9-3-5-10(15-2)6-4-9;/h3-7H,1-2H3;/q-1;+1/b8-7+;. The first kappa shape index (κ1) is 16.3. The number of rotatable bonds is 3. The van der Waals surface area contributed by atoms with E-state index >= 15 is 0 Å². The quantitative estimate of drug-likeness (QED) is 0.713. The smallest absolute Gasteiger partial charge is 0.497 e. The minimum atomic E-state index is -4.88. The van der Waals surface area contributed by atoms with Crippen molar-refractivity contribution in [2.45, 2.75) is 6.92 Å². The van der Waals surface area contributed by atoms with Crippen LogP contribution in [0.25, 0.3) is 5.57 Å². The Kier molecular flexibility index (Phi) is 6.97. The molecule has 1 rings (SSSR count). The van der Waals surface area contributed by atoms with E-state index in [0.717, 1.165) is 0 Å². The Hall–Kier alpha value is 0.251. The predicted octanol–water partition coefficient (Wildman–Crippen LogP) is 0.489. The Morgan fingerprint density at radius 3 is 2.06 bits per heavy atom. The van der Waals surface area contributed by atoms with Crippen molar-refractivity contribution in [3.63, 3.8) is 0 Å². The number of methoxy groups -OCH3 is 1. The second-order valence-electron chi connectivity index (χ2n) is 3.20. The summed E-state index contributed by atoms with van der Waals surface area (Å²) >= 11 is 0. The fourth-order valence-corrected chi connectivity index (χ4v) is 1.23. The van der Waals surface area contributed by atoms with Crippen LogP contribution in [0.4, 0.5) is 12.9 Å². The molecule has 0 heterocycles. The van der Waals surface area contributed by atoms with Gasteiger partial charge in [-0.25, -0.2) is 0 Å². The number of hydrogen-bond acceptors (Lipinski definition) is 1. The van der Waals surface area contributed by atoms with E-state index in [1.54, 1.807) is 24.3 Å². The zero-order chi connectivity index (χ0) is 11.5. The molecule has 6 heteroatoms. The monoisotopic (exact) mass is 254 g/mol. The van der Waals surface area contributed by atoms with Crippen molar-refractivity contribution in [1.29, 1.82) is 0 Å². The molecule has 0 aliphatic rings. The Morgan fingerprint density at radius 2 is 1.69 bits per heavy atom. The molecule has 0 fully saturated rings. The summed E-state index contributed by atoms with van der Waals surface area (Å²) in [4.78, 5) is 0. The second-order valence-corrected chi connectivity index (χ2v) is 3.20. The fraction of sp³-hybridized carbons (Fsp3) is 0.200. The zero-order valence-electron chi connectivity index (χ0n) is 9.51. The first-order valence-electron chi connectivity index (χ1n) is 4.46. The van der Waals surface area contributed by atoms with Crippen LogP contribution in [0, 0.1) is 0 Å². The molecule has 0 bridgehead atoms. The summed E-state index contributed by atoms with van der Waals surface area (Å²) in [6, 6.07) is 6.48. The number of halogens is 3. The van der Waals surface area contributed by atoms with Crippen LogP contribution in [0.3, 0.4) is 0 Å². The topological polar surface area (TPSA) is 9.23 Å². The molecule has 0 radical (unpaired) electrons. The van der Waals surface area contributed by atoms with Gasteiger partial charge >= 0.3 is 58.4 Å². The van der Waals surface area contributed by atoms with Crippen molar-refractivity contribution in [2.24, 2.45) is 0 Å². The molecule has 16 heavy (non-hydrogen) atoms. The fourth-order valence-electron chi connectivity index (χ4n) is 1.23. The third kappa shape index (κ3) is 5.54. The summed E-state index contributed by atoms with van der Waals surface area (Å²) < 4.78 is 41.2. The average molecular weight is 254 g/mol. The van der Waals surface area contributed by atoms with Crippen molar-refractivity contribution in [3.05, 3.63) is 35.8 Å². The van der Waals surface area contributed by atoms with Gasteiger partial charge in [0.2, 0.25) is 0 Å². The van der Waals surface area contributed by atoms with E-state index in [9.17, 15) is 12.9 Å². The SMILES string of the molecule is COc1ccc(/C(C)=C/[B-](F)(F)F)cc1.[K+]. The van der Waals surface area contributed by atoms with E-state index in [2.05, 4.69) is 0 Å². The molecule has 1 aromatic carbocycles. The van der Waals surface area contributed by atoms with Gasteiger partial charge in [0.1, 0.15) is 5.75 Å². The Morgan fingerprint density at radius 1 is 1.19 bits per heavy atom. The molecule has 0 aliphatic carbocycles. The zero-order valence-corrected chi connectivity index (χ0v) is 12.6. The van der Waals surface area contributed by atoms with Crippen LogP contribution in [-0.4, -0.2) is 14.1 Å². The summed E-state index contributed by atoms with van der Waals surface area (Å²) in [6.45, 7) is -3.44. The average Bonchev–Trinajstić information content (AvgIpc) is 2.15. The summed E-state index contributed by atoms with van der Waals surface area (Å²) in [5, 5.41) is 0. The Labute approximate surface area is 136 Å². The molecule has 0 spiro atoms. The van der Waals surface area contributed by atoms with Crippen molar-refractivity contribution in [1.82, 2.24) is 0 Å². The minimum absolute atomic E-state index is 0. The van der Waals surface area contributed by atoms with Crippen LogP contribution in [0.1, 0.15) is 12.5 Å². The van der Waals surface area contributed by atoms with E-state index in [1.165, 1.54) is 14.0 Å². The van der Waals surface area contributed by atoms with E-state index < -0.39 is 6.98 Å². The van der Waals surface area contributed by atoms with Gasteiger partial charge in [-0.15, -0.1) is 5.98 Å². The Balaban J connectivity index is 0.00000225. The van der Waals surface area contributed by atoms with Gasteiger partial charge in [0.15, 0.2) is 0 Å². The van der Waals surface area contributed by atoms with E-state index in [1.807, 2.05) is 0 Å². The molecule has 0 saturated carbocycles. The van der Waals surface area contributed by atoms with Crippen molar-refractivity contribution >= 4 is 12.6 Å². The van der Waals surface area contributed by atoms with E-state index in [0.29, 0.717) is 17.3 Å². The molecule has 0 aliphatic heterocycles. The van der Waals surface area contributed by atoms with Crippen LogP contribution in [-0.2, 0) is 0 Å². The first-order valence-corrected chi connectivity index (χ1v) is 4.46. The maximum Gasteiger partial charge on any atom is 1.00 e. The van der Waals surface area contributed by atoms with Crippen LogP contribution in [0.2, 0.25) is 0 Å². The van der Waals surface area contributed by atoms with Crippen LogP contribution < -0.4 is 56.1 Å². The third-order valence-electron chi connectivity index (χ3n) is 1.98. The number of allylic oxidation sites excluding steroid dienone is 1. The maximum absolute atomic E-state index is 12.1. The molecule has 0 unspecified atom stereocenters. The molecular formula is C10H11BF3KO. The number of benzene rings is 1. The second kappa shape index (κ2) is 6.86. The van der Waals surface area contributed by atoms with Gasteiger partial charge in [-0.2, -0.15) is 0 Å². The van der Waals surface area contributed by atoms with Crippen LogP contribution >= 0.6 is 0 Å². The molecule has 0 amide bonds. The number of ether oxygens (including phenoxy) is 1. The van der Waals surface area contributed by atoms with Gasteiger partial charge in [-0.3, -0.25) is 0 Å². The minimum Gasteiger partial charge on any atom is -0.497 e. The van der Waals surface area contributed by atoms with Gasteiger partial charge in [-0.05, 0) is 24.6 Å². The normalized spacial score (nSPS) is 11.9. The summed E-state index contributed by atoms with van der Waals surface area (Å²) in [6.07, 6.45) is 0. The molecule has 0 aromatic heterocycles. The van der Waals surface area contributed by atoms with Crippen LogP contribution in [0.5, 0.6) is 5.75 Å². The van der Waals surface area contributed by atoms with E-state index in [4.69, 9.17) is 4.74 Å². The largest absolute Gasteiger partial charge is 1.00 e. The molecule has 0 N–H and O–H groups in total. The van der Waals surface area contributed by atoms with Crippen molar-refractivity contribution < 1.29 is 69.1 Å². The van der Waals surface area contributed by atoms with Gasteiger partial charge in [0.05, 0.1) is 7.11 Å². The molecule has 1 aromatic rings. The molecule has 82 valence electrons. The van der Waals surface area contributed by atoms with Crippen molar-refractivity contribution in [3.8, 4) is 5.75 Å². The Bertz CT molecular complexity index is 359.